The van der Waals surface area contributed by atoms with Crippen LogP contribution in [0, 0.1) is 0 Å². The normalized spacial score (nSPS) is 12.1. The molecule has 6 nitrogen and oxygen atoms in total. The largest absolute Gasteiger partial charge is 0.467 e. The molecule has 3 rings (SSSR count). The van der Waals surface area contributed by atoms with Gasteiger partial charge < -0.3 is 13.8 Å². The Morgan fingerprint density at radius 3 is 2.72 bits per heavy atom. The summed E-state index contributed by atoms with van der Waals surface area (Å²) in [6, 6.07) is 10.7. The predicted octanol–water partition coefficient (Wildman–Crippen LogP) is 4.14. The van der Waals surface area contributed by atoms with Crippen molar-refractivity contribution >= 4 is 17.5 Å². The van der Waals surface area contributed by atoms with Gasteiger partial charge in [0.2, 0.25) is 17.6 Å². The maximum Gasteiger partial charge on any atom is 0.227 e. The van der Waals surface area contributed by atoms with E-state index in [-0.39, 0.29) is 18.4 Å². The van der Waals surface area contributed by atoms with Crippen molar-refractivity contribution in [3.05, 3.63) is 59.3 Å². The number of hydrogen-bond acceptors (Lipinski definition) is 5. The molecule has 3 aromatic rings. The number of benzene rings is 1. The maximum absolute atomic E-state index is 12.3. The van der Waals surface area contributed by atoms with Gasteiger partial charge in [-0.25, -0.2) is 0 Å². The Bertz CT molecular complexity index is 828. The smallest absolute Gasteiger partial charge is 0.227 e. The molecule has 0 bridgehead atoms. The van der Waals surface area contributed by atoms with Crippen LogP contribution in [0.2, 0.25) is 5.02 Å². The summed E-state index contributed by atoms with van der Waals surface area (Å²) in [6.07, 6.45) is 2.26. The third-order valence-corrected chi connectivity index (χ3v) is 4.30. The number of amides is 1. The molecule has 0 fully saturated rings. The fourth-order valence-corrected chi connectivity index (χ4v) is 2.52. The summed E-state index contributed by atoms with van der Waals surface area (Å²) in [5.74, 6) is 1.64. The summed E-state index contributed by atoms with van der Waals surface area (Å²) < 4.78 is 10.6. The van der Waals surface area contributed by atoms with Crippen molar-refractivity contribution in [3.63, 3.8) is 0 Å². The maximum atomic E-state index is 12.3. The second kappa shape index (κ2) is 7.53. The lowest BCUT2D eigenvalue weighted by Crippen LogP contribution is -2.29. The zero-order valence-corrected chi connectivity index (χ0v) is 14.7. The monoisotopic (exact) mass is 359 g/mol. The molecule has 2 heterocycles. The molecule has 0 saturated carbocycles. The molecule has 7 heteroatoms. The van der Waals surface area contributed by atoms with Gasteiger partial charge in [0, 0.05) is 30.5 Å². The van der Waals surface area contributed by atoms with Crippen molar-refractivity contribution in [1.29, 1.82) is 0 Å². The van der Waals surface area contributed by atoms with Crippen molar-refractivity contribution in [1.82, 2.24) is 15.0 Å². The third-order valence-electron chi connectivity index (χ3n) is 4.05. The van der Waals surface area contributed by atoms with E-state index >= 15 is 0 Å². The number of hydrogen-bond donors (Lipinski definition) is 0. The van der Waals surface area contributed by atoms with Crippen molar-refractivity contribution in [3.8, 4) is 11.4 Å². The Hall–Kier alpha value is -2.60. The van der Waals surface area contributed by atoms with Crippen molar-refractivity contribution in [2.24, 2.45) is 0 Å². The average molecular weight is 360 g/mol. The Labute approximate surface area is 150 Å². The Kier molecular flexibility index (Phi) is 5.19. The molecule has 1 atom stereocenters. The van der Waals surface area contributed by atoms with E-state index in [0.717, 1.165) is 11.3 Å². The number of carbonyl (C=O) groups is 1. The zero-order valence-electron chi connectivity index (χ0n) is 14.0. The van der Waals surface area contributed by atoms with Gasteiger partial charge in [-0.3, -0.25) is 4.79 Å². The lowest BCUT2D eigenvalue weighted by Gasteiger charge is -2.23. The molecule has 0 N–H and O–H groups in total. The highest BCUT2D eigenvalue weighted by Crippen LogP contribution is 2.21. The molecule has 0 aliphatic carbocycles. The van der Waals surface area contributed by atoms with Crippen LogP contribution in [0.3, 0.4) is 0 Å². The van der Waals surface area contributed by atoms with Gasteiger partial charge in [0.25, 0.3) is 0 Å². The highest BCUT2D eigenvalue weighted by Gasteiger charge is 2.20. The molecule has 1 unspecified atom stereocenters. The van der Waals surface area contributed by atoms with Crippen LogP contribution in [0.25, 0.3) is 11.4 Å². The van der Waals surface area contributed by atoms with Crippen LogP contribution in [0.1, 0.15) is 31.0 Å². The number of aryl methyl sites for hydroxylation is 1. The number of rotatable bonds is 6. The summed E-state index contributed by atoms with van der Waals surface area (Å²) in [5, 5.41) is 4.59. The van der Waals surface area contributed by atoms with Gasteiger partial charge in [-0.05, 0) is 43.3 Å². The minimum atomic E-state index is -0.130. The van der Waals surface area contributed by atoms with Gasteiger partial charge in [-0.2, -0.15) is 4.98 Å². The standard InChI is InChI=1S/C18H18ClN3O3/c1-12(15-4-3-11-24-15)22(2)17(23)10-9-16-20-18(21-25-16)13-5-7-14(19)8-6-13/h3-8,11-12H,9-10H2,1-2H3. The molecule has 1 aromatic carbocycles. The summed E-state index contributed by atoms with van der Waals surface area (Å²) in [4.78, 5) is 18.3. The molecule has 1 amide bonds. The quantitative estimate of drug-likeness (QED) is 0.661. The van der Waals surface area contributed by atoms with E-state index in [1.165, 1.54) is 0 Å². The summed E-state index contributed by atoms with van der Waals surface area (Å²) in [7, 11) is 1.75. The van der Waals surface area contributed by atoms with Gasteiger partial charge in [0.05, 0.1) is 12.3 Å². The van der Waals surface area contributed by atoms with E-state index in [1.54, 1.807) is 36.4 Å². The van der Waals surface area contributed by atoms with E-state index in [9.17, 15) is 4.79 Å². The molecular formula is C18H18ClN3O3. The zero-order chi connectivity index (χ0) is 17.8. The number of aromatic nitrogens is 2. The highest BCUT2D eigenvalue weighted by atomic mass is 35.5. The lowest BCUT2D eigenvalue weighted by molar-refractivity contribution is -0.132. The summed E-state index contributed by atoms with van der Waals surface area (Å²) >= 11 is 5.87. The Balaban J connectivity index is 1.58. The molecule has 25 heavy (non-hydrogen) atoms. The van der Waals surface area contributed by atoms with Gasteiger partial charge in [-0.15, -0.1) is 0 Å². The van der Waals surface area contributed by atoms with E-state index in [2.05, 4.69) is 10.1 Å². The number of halogens is 1. The predicted molar refractivity (Wildman–Crippen MR) is 93.0 cm³/mol. The minimum absolute atomic E-state index is 0.0184. The number of carbonyl (C=O) groups excluding carboxylic acids is 1. The van der Waals surface area contributed by atoms with E-state index < -0.39 is 0 Å². The third kappa shape index (κ3) is 4.09. The van der Waals surface area contributed by atoms with Crippen LogP contribution in [-0.2, 0) is 11.2 Å². The second-order valence-electron chi connectivity index (χ2n) is 5.71. The van der Waals surface area contributed by atoms with Crippen molar-refractivity contribution in [2.75, 3.05) is 7.05 Å². The average Bonchev–Trinajstić information content (AvgIpc) is 3.31. The van der Waals surface area contributed by atoms with Crippen molar-refractivity contribution < 1.29 is 13.7 Å². The first kappa shape index (κ1) is 17.2. The highest BCUT2D eigenvalue weighted by molar-refractivity contribution is 6.30. The van der Waals surface area contributed by atoms with Gasteiger partial charge in [-0.1, -0.05) is 16.8 Å². The molecule has 0 spiro atoms. The SMILES string of the molecule is CC(c1ccco1)N(C)C(=O)CCc1nc(-c2ccc(Cl)cc2)no1. The van der Waals surface area contributed by atoms with Crippen LogP contribution in [0.5, 0.6) is 0 Å². The van der Waals surface area contributed by atoms with Crippen LogP contribution in [-0.4, -0.2) is 28.0 Å². The summed E-state index contributed by atoms with van der Waals surface area (Å²) in [6.45, 7) is 1.92. The first-order valence-electron chi connectivity index (χ1n) is 7.92. The van der Waals surface area contributed by atoms with Gasteiger partial charge in [0.1, 0.15) is 5.76 Å². The van der Waals surface area contributed by atoms with Crippen LogP contribution >= 0.6 is 11.6 Å². The second-order valence-corrected chi connectivity index (χ2v) is 6.15. The molecule has 130 valence electrons. The lowest BCUT2D eigenvalue weighted by atomic mass is 10.2. The van der Waals surface area contributed by atoms with Crippen molar-refractivity contribution in [2.45, 2.75) is 25.8 Å². The molecular weight excluding hydrogens is 342 g/mol. The van der Waals surface area contributed by atoms with Crippen LogP contribution < -0.4 is 0 Å². The van der Waals surface area contributed by atoms with Gasteiger partial charge >= 0.3 is 0 Å². The van der Waals surface area contributed by atoms with E-state index in [1.807, 2.05) is 25.1 Å². The van der Waals surface area contributed by atoms with E-state index in [0.29, 0.717) is 23.2 Å². The fourth-order valence-electron chi connectivity index (χ4n) is 2.40. The first-order valence-corrected chi connectivity index (χ1v) is 8.30. The molecule has 0 saturated heterocycles. The Morgan fingerprint density at radius 2 is 2.04 bits per heavy atom. The first-order chi connectivity index (χ1) is 12.0. The number of furan rings is 1. The fraction of sp³-hybridized carbons (Fsp3) is 0.278. The molecule has 0 aliphatic rings. The van der Waals surface area contributed by atoms with Crippen LogP contribution in [0.15, 0.2) is 51.6 Å². The van der Waals surface area contributed by atoms with Crippen LogP contribution in [0.4, 0.5) is 0 Å². The Morgan fingerprint density at radius 1 is 1.28 bits per heavy atom. The summed E-state index contributed by atoms with van der Waals surface area (Å²) in [5.41, 5.74) is 0.814. The molecule has 0 aliphatic heterocycles. The topological polar surface area (TPSA) is 72.4 Å². The molecule has 2 aromatic heterocycles. The molecule has 0 radical (unpaired) electrons. The number of nitrogens with zero attached hydrogens (tertiary/aromatic N) is 3. The van der Waals surface area contributed by atoms with E-state index in [4.69, 9.17) is 20.5 Å². The van der Waals surface area contributed by atoms with Gasteiger partial charge in [0.15, 0.2) is 0 Å². The minimum Gasteiger partial charge on any atom is -0.467 e.